The number of halogens is 3. The van der Waals surface area contributed by atoms with Crippen molar-refractivity contribution in [2.75, 3.05) is 13.7 Å². The number of rotatable bonds is 7. The van der Waals surface area contributed by atoms with Crippen molar-refractivity contribution in [3.63, 3.8) is 0 Å². The smallest absolute Gasteiger partial charge is 0.307 e. The summed E-state index contributed by atoms with van der Waals surface area (Å²) in [7, 11) is 1.39. The minimum atomic E-state index is -0.245. The molecule has 8 heteroatoms. The summed E-state index contributed by atoms with van der Waals surface area (Å²) in [6.45, 7) is 0.534. The highest BCUT2D eigenvalue weighted by atomic mass is 35.5. The average molecular weight is 436 g/mol. The summed E-state index contributed by atoms with van der Waals surface area (Å²) < 4.78 is 4.97. The minimum absolute atomic E-state index is 0.227. The van der Waals surface area contributed by atoms with E-state index in [1.54, 1.807) is 24.5 Å². The van der Waals surface area contributed by atoms with Gasteiger partial charge in [-0.15, -0.1) is 12.6 Å². The van der Waals surface area contributed by atoms with E-state index in [4.69, 9.17) is 39.5 Å². The van der Waals surface area contributed by atoms with E-state index in [0.29, 0.717) is 40.3 Å². The van der Waals surface area contributed by atoms with E-state index in [1.165, 1.54) is 20.0 Å². The molecule has 2 rings (SSSR count). The van der Waals surface area contributed by atoms with Crippen LogP contribution in [0.3, 0.4) is 0 Å². The number of aliphatic imine (C=N–C) groups is 1. The Morgan fingerprint density at radius 3 is 2.65 bits per heavy atom. The van der Waals surface area contributed by atoms with Crippen molar-refractivity contribution in [1.82, 2.24) is 4.90 Å². The molecule has 0 atom stereocenters. The predicted octanol–water partition coefficient (Wildman–Crippen LogP) is 5.62. The molecule has 1 aliphatic rings. The van der Waals surface area contributed by atoms with Crippen LogP contribution in [0.1, 0.15) is 37.7 Å². The molecule has 0 heterocycles. The summed E-state index contributed by atoms with van der Waals surface area (Å²) in [5, 5.41) is 0.974. The van der Waals surface area contributed by atoms with Crippen molar-refractivity contribution < 1.29 is 9.53 Å². The molecule has 0 amide bonds. The first-order valence-electron chi connectivity index (χ1n) is 8.33. The van der Waals surface area contributed by atoms with E-state index in [9.17, 15) is 4.79 Å². The molecule has 1 aromatic rings. The van der Waals surface area contributed by atoms with Gasteiger partial charge in [-0.3, -0.25) is 4.79 Å². The second-order valence-corrected chi connectivity index (χ2v) is 7.94. The third-order valence-corrected chi connectivity index (χ3v) is 5.25. The lowest BCUT2D eigenvalue weighted by atomic mass is 10.2. The van der Waals surface area contributed by atoms with Gasteiger partial charge in [0.15, 0.2) is 0 Å². The Labute approximate surface area is 174 Å². The number of methoxy groups -OCH3 is 1. The number of hydrogen-bond acceptors (Lipinski definition) is 4. The van der Waals surface area contributed by atoms with Crippen molar-refractivity contribution in [2.45, 2.75) is 38.1 Å². The number of carbonyl (C=O) groups excluding carboxylic acids is 1. The van der Waals surface area contributed by atoms with Gasteiger partial charge in [-0.1, -0.05) is 47.6 Å². The van der Waals surface area contributed by atoms with Crippen LogP contribution in [0, 0.1) is 0 Å². The van der Waals surface area contributed by atoms with Crippen molar-refractivity contribution in [3.05, 3.63) is 38.2 Å². The van der Waals surface area contributed by atoms with Crippen LogP contribution in [0.25, 0.3) is 5.70 Å². The molecule has 1 saturated carbocycles. The highest BCUT2D eigenvalue weighted by Crippen LogP contribution is 2.32. The van der Waals surface area contributed by atoms with Crippen LogP contribution in [0.4, 0.5) is 0 Å². The fraction of sp³-hybridized carbons (Fsp3) is 0.444. The standard InChI is InChI=1S/C18H21Cl3N2O2S/c1-25-16(24)8-9-23(13-4-2-3-5-13)11-22-17(18(21)26)14-7-6-12(19)10-15(14)20/h6-7,10-11,13,26H,2-5,8-9H2,1H3/b18-17-,22-11?. The second kappa shape index (κ2) is 10.5. The zero-order valence-electron chi connectivity index (χ0n) is 14.4. The van der Waals surface area contributed by atoms with Crippen molar-refractivity contribution >= 4 is 65.4 Å². The molecule has 1 aliphatic carbocycles. The van der Waals surface area contributed by atoms with Gasteiger partial charge in [-0.2, -0.15) is 0 Å². The van der Waals surface area contributed by atoms with Gasteiger partial charge in [0.25, 0.3) is 0 Å². The van der Waals surface area contributed by atoms with Gasteiger partial charge in [0.1, 0.15) is 0 Å². The summed E-state index contributed by atoms with van der Waals surface area (Å²) >= 11 is 22.6. The second-order valence-electron chi connectivity index (χ2n) is 6.01. The Hall–Kier alpha value is -0.880. The lowest BCUT2D eigenvalue weighted by molar-refractivity contribution is -0.140. The molecule has 142 valence electrons. The van der Waals surface area contributed by atoms with Gasteiger partial charge < -0.3 is 9.64 Å². The normalized spacial score (nSPS) is 16.0. The molecule has 4 nitrogen and oxygen atoms in total. The van der Waals surface area contributed by atoms with Crippen molar-refractivity contribution in [1.29, 1.82) is 0 Å². The van der Waals surface area contributed by atoms with Gasteiger partial charge in [-0.05, 0) is 31.0 Å². The highest BCUT2D eigenvalue weighted by Gasteiger charge is 2.21. The highest BCUT2D eigenvalue weighted by molar-refractivity contribution is 7.86. The molecule has 1 aromatic carbocycles. The van der Waals surface area contributed by atoms with Gasteiger partial charge in [0.2, 0.25) is 0 Å². The predicted molar refractivity (Wildman–Crippen MR) is 112 cm³/mol. The maximum atomic E-state index is 11.5. The van der Waals surface area contributed by atoms with Crippen molar-refractivity contribution in [2.24, 2.45) is 4.99 Å². The summed E-state index contributed by atoms with van der Waals surface area (Å²) in [4.78, 5) is 18.1. The first-order valence-corrected chi connectivity index (χ1v) is 9.91. The van der Waals surface area contributed by atoms with E-state index < -0.39 is 0 Å². The summed E-state index contributed by atoms with van der Waals surface area (Å²) in [5.41, 5.74) is 1.10. The molecule has 0 radical (unpaired) electrons. The maximum absolute atomic E-state index is 11.5. The van der Waals surface area contributed by atoms with E-state index in [-0.39, 0.29) is 10.3 Å². The van der Waals surface area contributed by atoms with Crippen LogP contribution in [0.15, 0.2) is 27.6 Å². The molecule has 0 unspecified atom stereocenters. The third kappa shape index (κ3) is 6.08. The quantitative estimate of drug-likeness (QED) is 0.261. The van der Waals surface area contributed by atoms with Crippen LogP contribution < -0.4 is 0 Å². The first-order chi connectivity index (χ1) is 12.4. The molecular weight excluding hydrogens is 415 g/mol. The van der Waals surface area contributed by atoms with Crippen LogP contribution in [0.5, 0.6) is 0 Å². The number of benzene rings is 1. The molecule has 0 N–H and O–H groups in total. The SMILES string of the molecule is COC(=O)CCN(C=N/C(=C(\S)Cl)c1ccc(Cl)cc1Cl)C1CCCC1. The van der Waals surface area contributed by atoms with Gasteiger partial charge in [0.05, 0.1) is 35.0 Å². The maximum Gasteiger partial charge on any atom is 0.307 e. The van der Waals surface area contributed by atoms with Gasteiger partial charge in [-0.25, -0.2) is 4.99 Å². The Morgan fingerprint density at radius 2 is 2.08 bits per heavy atom. The number of esters is 1. The van der Waals surface area contributed by atoms with Gasteiger partial charge in [0, 0.05) is 23.2 Å². The summed E-state index contributed by atoms with van der Waals surface area (Å²) in [6.07, 6.45) is 6.51. The number of ether oxygens (including phenoxy) is 1. The fourth-order valence-corrected chi connectivity index (χ4v) is 3.77. The Kier molecular flexibility index (Phi) is 8.61. The summed E-state index contributed by atoms with van der Waals surface area (Å²) in [6, 6.07) is 5.46. The van der Waals surface area contributed by atoms with Gasteiger partial charge >= 0.3 is 5.97 Å². The average Bonchev–Trinajstić information content (AvgIpc) is 3.13. The first kappa shape index (κ1) is 21.4. The van der Waals surface area contributed by atoms with Crippen LogP contribution in [-0.4, -0.2) is 36.9 Å². The molecule has 0 aromatic heterocycles. The Balaban J connectivity index is 2.23. The van der Waals surface area contributed by atoms with Crippen LogP contribution in [0.2, 0.25) is 10.0 Å². The van der Waals surface area contributed by atoms with Crippen LogP contribution in [-0.2, 0) is 9.53 Å². The lowest BCUT2D eigenvalue weighted by Gasteiger charge is -2.26. The molecule has 1 fully saturated rings. The Bertz CT molecular complexity index is 700. The van der Waals surface area contributed by atoms with Crippen LogP contribution >= 0.6 is 47.4 Å². The molecule has 0 spiro atoms. The molecular formula is C18H21Cl3N2O2S. The monoisotopic (exact) mass is 434 g/mol. The number of nitrogens with zero attached hydrogens (tertiary/aromatic N) is 2. The topological polar surface area (TPSA) is 41.9 Å². The van der Waals surface area contributed by atoms with E-state index >= 15 is 0 Å². The molecule has 0 aliphatic heterocycles. The number of carbonyl (C=O) groups is 1. The molecule has 0 saturated heterocycles. The minimum Gasteiger partial charge on any atom is -0.469 e. The largest absolute Gasteiger partial charge is 0.469 e. The van der Waals surface area contributed by atoms with E-state index in [2.05, 4.69) is 22.5 Å². The molecule has 0 bridgehead atoms. The zero-order valence-corrected chi connectivity index (χ0v) is 17.6. The Morgan fingerprint density at radius 1 is 1.38 bits per heavy atom. The number of thiol groups is 1. The van der Waals surface area contributed by atoms with E-state index in [1.807, 2.05) is 0 Å². The van der Waals surface area contributed by atoms with E-state index in [0.717, 1.165) is 12.8 Å². The zero-order chi connectivity index (χ0) is 19.1. The lowest BCUT2D eigenvalue weighted by Crippen LogP contribution is -2.34. The van der Waals surface area contributed by atoms with Crippen molar-refractivity contribution in [3.8, 4) is 0 Å². The molecule has 26 heavy (non-hydrogen) atoms. The third-order valence-electron chi connectivity index (χ3n) is 4.31. The summed E-state index contributed by atoms with van der Waals surface area (Å²) in [5.74, 6) is -0.245. The number of hydrogen-bond donors (Lipinski definition) is 1. The fourth-order valence-electron chi connectivity index (χ4n) is 2.94.